The normalized spacial score (nSPS) is 20.4. The second kappa shape index (κ2) is 3.81. The van der Waals surface area contributed by atoms with Crippen molar-refractivity contribution in [2.75, 3.05) is 0 Å². The first-order chi connectivity index (χ1) is 7.00. The number of halogens is 1. The van der Waals surface area contributed by atoms with E-state index in [9.17, 15) is 0 Å². The first-order valence-corrected chi connectivity index (χ1v) is 7.18. The van der Waals surface area contributed by atoms with Crippen molar-refractivity contribution in [3.63, 3.8) is 0 Å². The molecule has 0 aromatic heterocycles. The SMILES string of the molecule is CC(C)(C)C1=C(Oc2ccccc2)[P@@]1Cl. The maximum absolute atomic E-state index is 6.22. The highest BCUT2D eigenvalue weighted by Crippen LogP contribution is 2.77. The van der Waals surface area contributed by atoms with Crippen molar-refractivity contribution in [3.05, 3.63) is 41.1 Å². The second-order valence-corrected chi connectivity index (χ2v) is 7.03. The van der Waals surface area contributed by atoms with Crippen molar-refractivity contribution in [2.24, 2.45) is 5.41 Å². The van der Waals surface area contributed by atoms with Gasteiger partial charge in [0.1, 0.15) is 5.75 Å². The number of para-hydroxylation sites is 1. The van der Waals surface area contributed by atoms with Gasteiger partial charge in [-0.15, -0.1) is 0 Å². The summed E-state index contributed by atoms with van der Waals surface area (Å²) in [5, 5.41) is 1.28. The van der Waals surface area contributed by atoms with Crippen LogP contribution in [0.25, 0.3) is 0 Å². The van der Waals surface area contributed by atoms with Crippen LogP contribution in [0.4, 0.5) is 0 Å². The van der Waals surface area contributed by atoms with Gasteiger partial charge in [-0.3, -0.25) is 0 Å². The van der Waals surface area contributed by atoms with Crippen molar-refractivity contribution in [2.45, 2.75) is 20.8 Å². The number of hydrogen-bond acceptors (Lipinski definition) is 1. The van der Waals surface area contributed by atoms with Crippen LogP contribution in [0.2, 0.25) is 0 Å². The molecule has 0 saturated heterocycles. The van der Waals surface area contributed by atoms with E-state index in [4.69, 9.17) is 16.0 Å². The molecule has 1 heterocycles. The molecule has 3 heteroatoms. The van der Waals surface area contributed by atoms with Crippen molar-refractivity contribution in [3.8, 4) is 5.75 Å². The third-order valence-corrected chi connectivity index (χ3v) is 4.88. The molecule has 0 aliphatic carbocycles. The van der Waals surface area contributed by atoms with Crippen LogP contribution in [-0.2, 0) is 0 Å². The minimum atomic E-state index is -0.626. The topological polar surface area (TPSA) is 9.23 Å². The lowest BCUT2D eigenvalue weighted by atomic mass is 9.97. The van der Waals surface area contributed by atoms with E-state index in [0.717, 1.165) is 11.2 Å². The Bertz CT molecular complexity index is 392. The summed E-state index contributed by atoms with van der Waals surface area (Å²) in [6, 6.07) is 9.80. The average Bonchev–Trinajstić information content (AvgIpc) is 2.77. The van der Waals surface area contributed by atoms with Gasteiger partial charge in [0.2, 0.25) is 0 Å². The number of allylic oxidation sites excluding steroid dienone is 1. The van der Waals surface area contributed by atoms with Gasteiger partial charge in [0.25, 0.3) is 0 Å². The van der Waals surface area contributed by atoms with Gasteiger partial charge in [0, 0.05) is 5.31 Å². The fourth-order valence-corrected chi connectivity index (χ4v) is 4.40. The summed E-state index contributed by atoms with van der Waals surface area (Å²) in [6.45, 7) is 6.50. The van der Waals surface area contributed by atoms with Crippen molar-refractivity contribution >= 4 is 18.5 Å². The summed E-state index contributed by atoms with van der Waals surface area (Å²) >= 11 is 6.22. The number of ether oxygens (including phenoxy) is 1. The zero-order valence-corrected chi connectivity index (χ0v) is 10.8. The maximum Gasteiger partial charge on any atom is 0.151 e. The second-order valence-electron chi connectivity index (χ2n) is 4.60. The molecule has 0 amide bonds. The fraction of sp³-hybridized carbons (Fsp3) is 0.333. The molecular weight excluding hydrogens is 227 g/mol. The summed E-state index contributed by atoms with van der Waals surface area (Å²) in [5.74, 6) is 0.875. The van der Waals surface area contributed by atoms with Crippen molar-refractivity contribution in [1.29, 1.82) is 0 Å². The van der Waals surface area contributed by atoms with Crippen molar-refractivity contribution < 1.29 is 4.74 Å². The van der Waals surface area contributed by atoms with Crippen LogP contribution in [0.5, 0.6) is 5.75 Å². The van der Waals surface area contributed by atoms with Crippen LogP contribution >= 0.6 is 18.5 Å². The minimum Gasteiger partial charge on any atom is -0.455 e. The molecule has 1 atom stereocenters. The Kier molecular flexibility index (Phi) is 2.79. The molecule has 1 aliphatic rings. The summed E-state index contributed by atoms with van der Waals surface area (Å²) in [4.78, 5) is 0. The molecular formula is C12H14ClOP. The van der Waals surface area contributed by atoms with Gasteiger partial charge in [-0.1, -0.05) is 50.2 Å². The molecule has 0 radical (unpaired) electrons. The number of rotatable bonds is 2. The van der Waals surface area contributed by atoms with Gasteiger partial charge in [0.15, 0.2) is 5.50 Å². The molecule has 1 aliphatic heterocycles. The predicted molar refractivity (Wildman–Crippen MR) is 66.3 cm³/mol. The van der Waals surface area contributed by atoms with Crippen LogP contribution in [0.3, 0.4) is 0 Å². The van der Waals surface area contributed by atoms with Gasteiger partial charge in [-0.2, -0.15) is 0 Å². The summed E-state index contributed by atoms with van der Waals surface area (Å²) < 4.78 is 5.75. The molecule has 0 fully saturated rings. The van der Waals surface area contributed by atoms with E-state index in [2.05, 4.69) is 20.8 Å². The summed E-state index contributed by atoms with van der Waals surface area (Å²) in [5.41, 5.74) is 1.13. The molecule has 1 aromatic carbocycles. The molecule has 15 heavy (non-hydrogen) atoms. The quantitative estimate of drug-likeness (QED) is 0.666. The van der Waals surface area contributed by atoms with Gasteiger partial charge < -0.3 is 4.74 Å². The van der Waals surface area contributed by atoms with E-state index in [1.165, 1.54) is 5.31 Å². The summed E-state index contributed by atoms with van der Waals surface area (Å²) in [7, 11) is -0.626. The van der Waals surface area contributed by atoms with Crippen LogP contribution in [0.15, 0.2) is 41.1 Å². The molecule has 0 N–H and O–H groups in total. The van der Waals surface area contributed by atoms with Gasteiger partial charge in [-0.05, 0) is 17.5 Å². The standard InChI is InChI=1S/C12H14ClOP/c1-12(2,3)10-11(15(10)13)14-9-7-5-4-6-8-9/h4-8H,1-3H3/t15-/m0/s1. The lowest BCUT2D eigenvalue weighted by molar-refractivity contribution is 0.452. The monoisotopic (exact) mass is 240 g/mol. The van der Waals surface area contributed by atoms with Crippen LogP contribution in [-0.4, -0.2) is 0 Å². The molecule has 1 nitrogen and oxygen atoms in total. The zero-order valence-electron chi connectivity index (χ0n) is 9.12. The lowest BCUT2D eigenvalue weighted by Gasteiger charge is -2.11. The Balaban J connectivity index is 2.13. The number of benzene rings is 1. The molecule has 0 bridgehead atoms. The Labute approximate surface area is 96.6 Å². The van der Waals surface area contributed by atoms with Crippen LogP contribution < -0.4 is 4.74 Å². The highest BCUT2D eigenvalue weighted by Gasteiger charge is 2.45. The highest BCUT2D eigenvalue weighted by atomic mass is 35.7. The Morgan fingerprint density at radius 2 is 1.73 bits per heavy atom. The highest BCUT2D eigenvalue weighted by molar-refractivity contribution is 7.96. The predicted octanol–water partition coefficient (Wildman–Crippen LogP) is 4.93. The van der Waals surface area contributed by atoms with Crippen LogP contribution in [0, 0.1) is 5.41 Å². The number of hydrogen-bond donors (Lipinski definition) is 0. The third kappa shape index (κ3) is 2.35. The van der Waals surface area contributed by atoms with E-state index in [-0.39, 0.29) is 5.41 Å². The Morgan fingerprint density at radius 1 is 1.13 bits per heavy atom. The molecule has 2 rings (SSSR count). The van der Waals surface area contributed by atoms with E-state index >= 15 is 0 Å². The third-order valence-electron chi connectivity index (χ3n) is 2.20. The van der Waals surface area contributed by atoms with Gasteiger partial charge in [-0.25, -0.2) is 0 Å². The molecule has 0 spiro atoms. The lowest BCUT2D eigenvalue weighted by Crippen LogP contribution is -2.00. The van der Waals surface area contributed by atoms with Crippen molar-refractivity contribution in [1.82, 2.24) is 0 Å². The molecule has 80 valence electrons. The first-order valence-electron chi connectivity index (χ1n) is 4.94. The summed E-state index contributed by atoms with van der Waals surface area (Å²) in [6.07, 6.45) is 0. The maximum atomic E-state index is 6.22. The van der Waals surface area contributed by atoms with Gasteiger partial charge in [0.05, 0.1) is 7.27 Å². The first kappa shape index (κ1) is 11.0. The molecule has 0 unspecified atom stereocenters. The zero-order chi connectivity index (χ0) is 11.1. The molecule has 0 saturated carbocycles. The Morgan fingerprint density at radius 3 is 2.20 bits per heavy atom. The van der Waals surface area contributed by atoms with E-state index < -0.39 is 7.27 Å². The van der Waals surface area contributed by atoms with E-state index in [1.807, 2.05) is 30.3 Å². The molecule has 1 aromatic rings. The smallest absolute Gasteiger partial charge is 0.151 e. The minimum absolute atomic E-state index is 0.136. The fourth-order valence-electron chi connectivity index (χ4n) is 1.43. The average molecular weight is 241 g/mol. The largest absolute Gasteiger partial charge is 0.455 e. The van der Waals surface area contributed by atoms with Gasteiger partial charge >= 0.3 is 0 Å². The van der Waals surface area contributed by atoms with E-state index in [1.54, 1.807) is 0 Å². The Hall–Kier alpha value is -0.520. The van der Waals surface area contributed by atoms with Crippen LogP contribution in [0.1, 0.15) is 20.8 Å². The van der Waals surface area contributed by atoms with E-state index in [0.29, 0.717) is 0 Å².